The lowest BCUT2D eigenvalue weighted by Crippen LogP contribution is -2.24. The van der Waals surface area contributed by atoms with Crippen LogP contribution >= 0.6 is 27.3 Å². The van der Waals surface area contributed by atoms with E-state index in [9.17, 15) is 9.59 Å². The number of halogens is 1. The highest BCUT2D eigenvalue weighted by Crippen LogP contribution is 2.25. The molecular weight excluding hydrogens is 392 g/mol. The molecule has 0 spiro atoms. The van der Waals surface area contributed by atoms with Gasteiger partial charge in [0.05, 0.1) is 4.88 Å². The van der Waals surface area contributed by atoms with Crippen LogP contribution in [0.3, 0.4) is 0 Å². The van der Waals surface area contributed by atoms with E-state index < -0.39 is 5.97 Å². The van der Waals surface area contributed by atoms with Gasteiger partial charge in [-0.25, -0.2) is 4.98 Å². The molecule has 0 amide bonds. The van der Waals surface area contributed by atoms with Gasteiger partial charge in [0.1, 0.15) is 18.2 Å². The SMILES string of the molecule is O=C(Cn1cc(Br)ccc1=O)OCc1cnc(-c2ccccc2)s1. The number of hydrogen-bond donors (Lipinski definition) is 0. The molecule has 0 unspecified atom stereocenters. The van der Waals surface area contributed by atoms with E-state index in [1.54, 1.807) is 18.5 Å². The Morgan fingerprint density at radius 2 is 2.00 bits per heavy atom. The zero-order valence-electron chi connectivity index (χ0n) is 12.5. The Morgan fingerprint density at radius 3 is 2.79 bits per heavy atom. The van der Waals surface area contributed by atoms with Crippen LogP contribution in [0.1, 0.15) is 4.88 Å². The minimum Gasteiger partial charge on any atom is -0.459 e. The zero-order valence-corrected chi connectivity index (χ0v) is 14.9. The molecule has 0 fully saturated rings. The predicted molar refractivity (Wildman–Crippen MR) is 95.7 cm³/mol. The Kier molecular flexibility index (Phi) is 5.22. The molecule has 0 aliphatic heterocycles. The second-order valence-corrected chi connectivity index (χ2v) is 7.00. The first kappa shape index (κ1) is 16.6. The van der Waals surface area contributed by atoms with Gasteiger partial charge in [-0.15, -0.1) is 11.3 Å². The van der Waals surface area contributed by atoms with Crippen LogP contribution in [0.15, 0.2) is 64.1 Å². The number of benzene rings is 1. The van der Waals surface area contributed by atoms with Crippen molar-refractivity contribution in [1.29, 1.82) is 0 Å². The Labute approximate surface area is 150 Å². The highest BCUT2D eigenvalue weighted by atomic mass is 79.9. The maximum atomic E-state index is 11.9. The van der Waals surface area contributed by atoms with Gasteiger partial charge < -0.3 is 9.30 Å². The molecule has 24 heavy (non-hydrogen) atoms. The van der Waals surface area contributed by atoms with Crippen molar-refractivity contribution in [3.05, 3.63) is 74.6 Å². The lowest BCUT2D eigenvalue weighted by molar-refractivity contribution is -0.145. The van der Waals surface area contributed by atoms with Crippen LogP contribution in [0.2, 0.25) is 0 Å². The second-order valence-electron chi connectivity index (χ2n) is 4.97. The summed E-state index contributed by atoms with van der Waals surface area (Å²) in [6, 6.07) is 12.8. The number of pyridine rings is 1. The normalized spacial score (nSPS) is 10.5. The number of thiazole rings is 1. The van der Waals surface area contributed by atoms with Gasteiger partial charge in [-0.3, -0.25) is 9.59 Å². The number of carbonyl (C=O) groups is 1. The van der Waals surface area contributed by atoms with Crippen LogP contribution in [0.4, 0.5) is 0 Å². The van der Waals surface area contributed by atoms with Crippen molar-refractivity contribution in [2.24, 2.45) is 0 Å². The van der Waals surface area contributed by atoms with Crippen molar-refractivity contribution in [2.75, 3.05) is 0 Å². The molecule has 0 saturated carbocycles. The predicted octanol–water partition coefficient (Wildman–Crippen LogP) is 3.48. The Balaban J connectivity index is 1.60. The summed E-state index contributed by atoms with van der Waals surface area (Å²) < 4.78 is 7.26. The summed E-state index contributed by atoms with van der Waals surface area (Å²) in [6.45, 7) is 0.0225. The quantitative estimate of drug-likeness (QED) is 0.610. The van der Waals surface area contributed by atoms with Gasteiger partial charge in [0.2, 0.25) is 0 Å². The van der Waals surface area contributed by atoms with Crippen molar-refractivity contribution >= 4 is 33.2 Å². The molecule has 0 radical (unpaired) electrons. The lowest BCUT2D eigenvalue weighted by atomic mass is 10.2. The van der Waals surface area contributed by atoms with Gasteiger partial charge in [-0.2, -0.15) is 0 Å². The third-order valence-corrected chi connectivity index (χ3v) is 4.69. The minimum absolute atomic E-state index is 0.122. The maximum Gasteiger partial charge on any atom is 0.326 e. The van der Waals surface area contributed by atoms with Crippen molar-refractivity contribution in [3.63, 3.8) is 0 Å². The van der Waals surface area contributed by atoms with Gasteiger partial charge in [0, 0.05) is 28.5 Å². The third kappa shape index (κ3) is 4.18. The monoisotopic (exact) mass is 404 g/mol. The number of esters is 1. The van der Waals surface area contributed by atoms with Gasteiger partial charge >= 0.3 is 5.97 Å². The Hall–Kier alpha value is -2.25. The number of nitrogens with zero attached hydrogens (tertiary/aromatic N) is 2. The summed E-state index contributed by atoms with van der Waals surface area (Å²) >= 11 is 4.74. The number of carbonyl (C=O) groups excluding carboxylic acids is 1. The lowest BCUT2D eigenvalue weighted by Gasteiger charge is -2.06. The van der Waals surface area contributed by atoms with E-state index in [0.717, 1.165) is 19.9 Å². The van der Waals surface area contributed by atoms with E-state index in [1.165, 1.54) is 22.0 Å². The van der Waals surface area contributed by atoms with Crippen molar-refractivity contribution < 1.29 is 9.53 Å². The summed E-state index contributed by atoms with van der Waals surface area (Å²) in [7, 11) is 0. The van der Waals surface area contributed by atoms with E-state index in [1.807, 2.05) is 30.3 Å². The van der Waals surface area contributed by atoms with E-state index >= 15 is 0 Å². The van der Waals surface area contributed by atoms with E-state index in [2.05, 4.69) is 20.9 Å². The summed E-state index contributed by atoms with van der Waals surface area (Å²) in [5.41, 5.74) is 0.778. The molecule has 0 saturated heterocycles. The highest BCUT2D eigenvalue weighted by Gasteiger charge is 2.09. The van der Waals surface area contributed by atoms with E-state index in [0.29, 0.717) is 0 Å². The van der Waals surface area contributed by atoms with Crippen LogP contribution in [0.5, 0.6) is 0 Å². The Morgan fingerprint density at radius 1 is 1.21 bits per heavy atom. The van der Waals surface area contributed by atoms with Gasteiger partial charge in [0.25, 0.3) is 5.56 Å². The van der Waals surface area contributed by atoms with Crippen LogP contribution in [0, 0.1) is 0 Å². The van der Waals surface area contributed by atoms with Crippen molar-refractivity contribution in [1.82, 2.24) is 9.55 Å². The molecule has 3 rings (SSSR count). The fraction of sp³-hybridized carbons (Fsp3) is 0.118. The van der Waals surface area contributed by atoms with Gasteiger partial charge in [0.15, 0.2) is 0 Å². The second kappa shape index (κ2) is 7.55. The van der Waals surface area contributed by atoms with E-state index in [4.69, 9.17) is 4.74 Å². The first-order valence-corrected chi connectivity index (χ1v) is 8.74. The first-order chi connectivity index (χ1) is 11.6. The van der Waals surface area contributed by atoms with Crippen molar-refractivity contribution in [2.45, 2.75) is 13.2 Å². The molecule has 7 heteroatoms. The van der Waals surface area contributed by atoms with Crippen LogP contribution in [-0.2, 0) is 22.7 Å². The molecule has 5 nitrogen and oxygen atoms in total. The molecule has 2 heterocycles. The van der Waals surface area contributed by atoms with E-state index in [-0.39, 0.29) is 18.7 Å². The van der Waals surface area contributed by atoms with Gasteiger partial charge in [-0.05, 0) is 22.0 Å². The topological polar surface area (TPSA) is 61.2 Å². The molecule has 2 aromatic heterocycles. The average molecular weight is 405 g/mol. The molecule has 1 aromatic carbocycles. The summed E-state index contributed by atoms with van der Waals surface area (Å²) in [6.07, 6.45) is 3.26. The summed E-state index contributed by atoms with van der Waals surface area (Å²) in [4.78, 5) is 28.8. The number of aromatic nitrogens is 2. The molecule has 3 aromatic rings. The summed E-state index contributed by atoms with van der Waals surface area (Å²) in [5.74, 6) is -0.468. The standard InChI is InChI=1S/C17H13BrN2O3S/c18-13-6-7-15(21)20(9-13)10-16(22)23-11-14-8-19-17(24-14)12-4-2-1-3-5-12/h1-9H,10-11H2. The van der Waals surface area contributed by atoms with Gasteiger partial charge in [-0.1, -0.05) is 30.3 Å². The van der Waals surface area contributed by atoms with Crippen LogP contribution in [0.25, 0.3) is 10.6 Å². The minimum atomic E-state index is -0.468. The fourth-order valence-electron chi connectivity index (χ4n) is 2.05. The number of rotatable bonds is 5. The number of ether oxygens (including phenoxy) is 1. The fourth-order valence-corrected chi connectivity index (χ4v) is 3.26. The largest absolute Gasteiger partial charge is 0.459 e. The molecular formula is C17H13BrN2O3S. The third-order valence-electron chi connectivity index (χ3n) is 3.20. The highest BCUT2D eigenvalue weighted by molar-refractivity contribution is 9.10. The molecule has 0 aliphatic carbocycles. The smallest absolute Gasteiger partial charge is 0.326 e. The molecule has 0 atom stereocenters. The van der Waals surface area contributed by atoms with Crippen molar-refractivity contribution in [3.8, 4) is 10.6 Å². The Bertz CT molecular complexity index is 905. The zero-order chi connectivity index (χ0) is 16.9. The van der Waals surface area contributed by atoms with Crippen LogP contribution < -0.4 is 5.56 Å². The average Bonchev–Trinajstić information content (AvgIpc) is 3.06. The number of hydrogen-bond acceptors (Lipinski definition) is 5. The molecule has 0 aliphatic rings. The first-order valence-electron chi connectivity index (χ1n) is 7.13. The molecule has 0 N–H and O–H groups in total. The van der Waals surface area contributed by atoms with Crippen LogP contribution in [-0.4, -0.2) is 15.5 Å². The molecule has 0 bridgehead atoms. The summed E-state index contributed by atoms with van der Waals surface area (Å²) in [5, 5.41) is 0.879. The maximum absolute atomic E-state index is 11.9. The molecule has 122 valence electrons.